The molecule has 0 aromatic heterocycles. The summed E-state index contributed by atoms with van der Waals surface area (Å²) in [5.74, 6) is 0. The molecule has 0 aliphatic heterocycles. The van der Waals surface area contributed by atoms with Gasteiger partial charge in [0.2, 0.25) is 10.0 Å². The second kappa shape index (κ2) is 2.86. The minimum absolute atomic E-state index is 0.816. The second-order valence-electron chi connectivity index (χ2n) is 2.90. The second-order valence-corrected chi connectivity index (χ2v) is 5.30. The van der Waals surface area contributed by atoms with Gasteiger partial charge < -0.3 is 0 Å². The van der Waals surface area contributed by atoms with Crippen LogP contribution < -0.4 is 4.89 Å². The maximum absolute atomic E-state index is 11.0. The van der Waals surface area contributed by atoms with Crippen LogP contribution in [-0.2, 0) is 14.9 Å². The summed E-state index contributed by atoms with van der Waals surface area (Å²) in [7, 11) is -2.05. The van der Waals surface area contributed by atoms with Gasteiger partial charge in [-0.2, -0.15) is 0 Å². The van der Waals surface area contributed by atoms with E-state index in [-0.39, 0.29) is 0 Å². The van der Waals surface area contributed by atoms with Gasteiger partial charge in [0.25, 0.3) is 0 Å². The monoisotopic (exact) mass is 167 g/mol. The van der Waals surface area contributed by atoms with Crippen LogP contribution in [0.3, 0.4) is 0 Å². The molecule has 1 N–H and O–H groups in total. The van der Waals surface area contributed by atoms with Crippen molar-refractivity contribution in [2.45, 2.75) is 25.5 Å². The highest BCUT2D eigenvalue weighted by atomic mass is 32.2. The van der Waals surface area contributed by atoms with Gasteiger partial charge in [0.15, 0.2) is 0 Å². The molecular weight excluding hydrogens is 154 g/mol. The summed E-state index contributed by atoms with van der Waals surface area (Å²) >= 11 is 0. The van der Waals surface area contributed by atoms with Crippen molar-refractivity contribution in [2.75, 3.05) is 7.11 Å². The zero-order valence-corrected chi connectivity index (χ0v) is 7.45. The molecule has 0 aromatic carbocycles. The molecule has 0 heterocycles. The van der Waals surface area contributed by atoms with Crippen molar-refractivity contribution >= 4 is 10.0 Å². The molecule has 0 unspecified atom stereocenters. The van der Waals surface area contributed by atoms with Gasteiger partial charge in [-0.15, -0.1) is 0 Å². The van der Waals surface area contributed by atoms with Crippen LogP contribution in [0.25, 0.3) is 0 Å². The van der Waals surface area contributed by atoms with Crippen LogP contribution >= 0.6 is 0 Å². The number of nitrogens with one attached hydrogen (secondary N) is 1. The van der Waals surface area contributed by atoms with E-state index < -0.39 is 14.8 Å². The van der Waals surface area contributed by atoms with Gasteiger partial charge in [-0.1, -0.05) is 4.89 Å². The Morgan fingerprint density at radius 3 is 1.80 bits per heavy atom. The first kappa shape index (κ1) is 9.87. The van der Waals surface area contributed by atoms with E-state index in [2.05, 4.69) is 4.84 Å². The van der Waals surface area contributed by atoms with Crippen LogP contribution in [0.4, 0.5) is 0 Å². The Bertz CT molecular complexity index is 189. The highest BCUT2D eigenvalue weighted by molar-refractivity contribution is 7.90. The van der Waals surface area contributed by atoms with E-state index in [0.29, 0.717) is 0 Å². The normalized spacial score (nSPS) is 13.6. The lowest BCUT2D eigenvalue weighted by Crippen LogP contribution is -2.38. The minimum Gasteiger partial charge on any atom is -0.290 e. The third-order valence-electron chi connectivity index (χ3n) is 0.999. The van der Waals surface area contributed by atoms with Crippen molar-refractivity contribution in [2.24, 2.45) is 0 Å². The first-order valence-corrected chi connectivity index (χ1v) is 4.34. The molecule has 0 aliphatic carbocycles. The molecule has 0 fully saturated rings. The lowest BCUT2D eigenvalue weighted by atomic mass is 10.3. The Morgan fingerprint density at radius 2 is 1.70 bits per heavy atom. The smallest absolute Gasteiger partial charge is 0.238 e. The first-order chi connectivity index (χ1) is 4.31. The number of hydrogen-bond acceptors (Lipinski definition) is 3. The standard InChI is InChI=1S/C5H13NO3S/c1-5(2,3)10(7,8)6-9-4/h6H,1-4H3. The van der Waals surface area contributed by atoms with Gasteiger partial charge in [-0.05, 0) is 20.8 Å². The van der Waals surface area contributed by atoms with Crippen molar-refractivity contribution in [3.05, 3.63) is 0 Å². The van der Waals surface area contributed by atoms with E-state index in [1.54, 1.807) is 20.8 Å². The summed E-state index contributed by atoms with van der Waals surface area (Å²) < 4.78 is 21.2. The molecule has 0 atom stereocenters. The molecule has 10 heavy (non-hydrogen) atoms. The van der Waals surface area contributed by atoms with Gasteiger partial charge >= 0.3 is 0 Å². The third kappa shape index (κ3) is 2.24. The molecule has 0 rings (SSSR count). The molecule has 0 amide bonds. The third-order valence-corrected chi connectivity index (χ3v) is 3.00. The van der Waals surface area contributed by atoms with Gasteiger partial charge in [-0.25, -0.2) is 8.42 Å². The van der Waals surface area contributed by atoms with Crippen LogP contribution in [0.1, 0.15) is 20.8 Å². The Morgan fingerprint density at radius 1 is 1.30 bits per heavy atom. The van der Waals surface area contributed by atoms with Gasteiger partial charge in [-0.3, -0.25) is 4.84 Å². The summed E-state index contributed by atoms with van der Waals surface area (Å²) in [4.78, 5) is 6.23. The fourth-order valence-corrected chi connectivity index (χ4v) is 0.704. The molecule has 0 aromatic rings. The van der Waals surface area contributed by atoms with Crippen molar-refractivity contribution < 1.29 is 13.3 Å². The Kier molecular flexibility index (Phi) is 2.82. The molecule has 0 saturated carbocycles. The van der Waals surface area contributed by atoms with Crippen molar-refractivity contribution in [3.8, 4) is 0 Å². The fourth-order valence-electron chi connectivity index (χ4n) is 0.235. The number of sulfonamides is 1. The van der Waals surface area contributed by atoms with Crippen LogP contribution in [0, 0.1) is 0 Å². The molecule has 0 bridgehead atoms. The first-order valence-electron chi connectivity index (χ1n) is 2.85. The van der Waals surface area contributed by atoms with Crippen LogP contribution in [-0.4, -0.2) is 20.3 Å². The maximum Gasteiger partial charge on any atom is 0.238 e. The van der Waals surface area contributed by atoms with E-state index in [1.807, 2.05) is 4.89 Å². The molecular formula is C5H13NO3S. The van der Waals surface area contributed by atoms with E-state index in [1.165, 1.54) is 7.11 Å². The largest absolute Gasteiger partial charge is 0.290 e. The molecule has 0 spiro atoms. The van der Waals surface area contributed by atoms with E-state index in [9.17, 15) is 8.42 Å². The van der Waals surface area contributed by atoms with Crippen LogP contribution in [0.5, 0.6) is 0 Å². The summed E-state index contributed by atoms with van der Waals surface area (Å²) in [6.45, 7) is 4.77. The zero-order chi connectivity index (χ0) is 8.41. The summed E-state index contributed by atoms with van der Waals surface area (Å²) in [5, 5.41) is 0. The highest BCUT2D eigenvalue weighted by Gasteiger charge is 2.28. The molecule has 0 aliphatic rings. The van der Waals surface area contributed by atoms with Crippen molar-refractivity contribution in [3.63, 3.8) is 0 Å². The fraction of sp³-hybridized carbons (Fsp3) is 1.00. The molecule has 62 valence electrons. The quantitative estimate of drug-likeness (QED) is 0.600. The molecule has 0 radical (unpaired) electrons. The van der Waals surface area contributed by atoms with Crippen molar-refractivity contribution in [1.82, 2.24) is 4.89 Å². The lowest BCUT2D eigenvalue weighted by molar-refractivity contribution is 0.151. The Hall–Kier alpha value is -0.130. The molecule has 4 nitrogen and oxygen atoms in total. The summed E-state index contributed by atoms with van der Waals surface area (Å²) in [6.07, 6.45) is 0. The van der Waals surface area contributed by atoms with Crippen LogP contribution in [0.2, 0.25) is 0 Å². The summed E-state index contributed by atoms with van der Waals surface area (Å²) in [6, 6.07) is 0. The lowest BCUT2D eigenvalue weighted by Gasteiger charge is -2.17. The highest BCUT2D eigenvalue weighted by Crippen LogP contribution is 2.12. The molecule has 5 heteroatoms. The van der Waals surface area contributed by atoms with Gasteiger partial charge in [0.05, 0.1) is 11.9 Å². The van der Waals surface area contributed by atoms with E-state index in [4.69, 9.17) is 0 Å². The maximum atomic E-state index is 11.0. The number of rotatable bonds is 2. The Balaban J connectivity index is 4.44. The van der Waals surface area contributed by atoms with Gasteiger partial charge in [0.1, 0.15) is 0 Å². The van der Waals surface area contributed by atoms with Crippen LogP contribution in [0.15, 0.2) is 0 Å². The predicted molar refractivity (Wildman–Crippen MR) is 38.8 cm³/mol. The average molecular weight is 167 g/mol. The van der Waals surface area contributed by atoms with E-state index in [0.717, 1.165) is 0 Å². The molecule has 0 saturated heterocycles. The predicted octanol–water partition coefficient (Wildman–Crippen LogP) is 0.266. The topological polar surface area (TPSA) is 55.4 Å². The number of hydrogen-bond donors (Lipinski definition) is 1. The minimum atomic E-state index is -3.32. The van der Waals surface area contributed by atoms with Crippen molar-refractivity contribution in [1.29, 1.82) is 0 Å². The van der Waals surface area contributed by atoms with Gasteiger partial charge in [0, 0.05) is 0 Å². The SMILES string of the molecule is CONS(=O)(=O)C(C)(C)C. The van der Waals surface area contributed by atoms with E-state index >= 15 is 0 Å². The zero-order valence-electron chi connectivity index (χ0n) is 6.63. The Labute approximate surface area is 61.6 Å². The summed E-state index contributed by atoms with van der Waals surface area (Å²) in [5.41, 5.74) is 0. The average Bonchev–Trinajstić information content (AvgIpc) is 1.61.